The van der Waals surface area contributed by atoms with Crippen molar-refractivity contribution >= 4 is 22.6 Å². The Bertz CT molecular complexity index is 134. The van der Waals surface area contributed by atoms with Gasteiger partial charge in [-0.15, -0.1) is 0 Å². The summed E-state index contributed by atoms with van der Waals surface area (Å²) in [5.41, 5.74) is 0. The summed E-state index contributed by atoms with van der Waals surface area (Å²) in [6.07, 6.45) is 1.07. The van der Waals surface area contributed by atoms with Crippen molar-refractivity contribution in [2.75, 3.05) is 37.9 Å². The lowest BCUT2D eigenvalue weighted by atomic mass is 10.1. The van der Waals surface area contributed by atoms with Crippen LogP contribution in [0.25, 0.3) is 0 Å². The molecule has 4 heteroatoms. The molecule has 0 saturated carbocycles. The van der Waals surface area contributed by atoms with Crippen molar-refractivity contribution in [1.29, 1.82) is 0 Å². The highest BCUT2D eigenvalue weighted by molar-refractivity contribution is 14.1. The maximum absolute atomic E-state index is 5.38. The van der Waals surface area contributed by atoms with E-state index < -0.39 is 0 Å². The average molecular weight is 329 g/mol. The second-order valence-corrected chi connectivity index (χ2v) is 4.80. The topological polar surface area (TPSA) is 30.5 Å². The Morgan fingerprint density at radius 2 is 1.93 bits per heavy atom. The number of alkyl halides is 1. The van der Waals surface area contributed by atoms with E-state index in [1.54, 1.807) is 7.11 Å². The third kappa shape index (κ3) is 9.53. The number of hydrogen-bond acceptors (Lipinski definition) is 3. The number of nitrogens with one attached hydrogen (secondary N) is 1. The molecule has 15 heavy (non-hydrogen) atoms. The van der Waals surface area contributed by atoms with Gasteiger partial charge in [0.05, 0.1) is 13.2 Å². The monoisotopic (exact) mass is 329 g/mol. The van der Waals surface area contributed by atoms with Crippen molar-refractivity contribution in [3.05, 3.63) is 0 Å². The van der Waals surface area contributed by atoms with Crippen LogP contribution < -0.4 is 5.32 Å². The van der Waals surface area contributed by atoms with Crippen molar-refractivity contribution in [1.82, 2.24) is 5.32 Å². The summed E-state index contributed by atoms with van der Waals surface area (Å²) < 4.78 is 11.4. The van der Waals surface area contributed by atoms with Gasteiger partial charge in [0.15, 0.2) is 0 Å². The minimum atomic E-state index is 0.629. The normalized spacial score (nSPS) is 13.4. The Labute approximate surface area is 107 Å². The van der Waals surface area contributed by atoms with Gasteiger partial charge < -0.3 is 14.8 Å². The van der Waals surface area contributed by atoms with E-state index >= 15 is 0 Å². The Kier molecular flexibility index (Phi) is 11.6. The van der Waals surface area contributed by atoms with Gasteiger partial charge in [0.2, 0.25) is 0 Å². The summed E-state index contributed by atoms with van der Waals surface area (Å²) in [7, 11) is 1.69. The first-order chi connectivity index (χ1) is 7.22. The number of ether oxygens (including phenoxy) is 2. The fourth-order valence-electron chi connectivity index (χ4n) is 1.17. The Hall–Kier alpha value is 0.610. The highest BCUT2D eigenvalue weighted by Gasteiger charge is 2.09. The van der Waals surface area contributed by atoms with E-state index in [1.165, 1.54) is 4.43 Å². The second-order valence-electron chi connectivity index (χ2n) is 3.92. The summed E-state index contributed by atoms with van der Waals surface area (Å²) in [5, 5.41) is 3.54. The van der Waals surface area contributed by atoms with Crippen LogP contribution >= 0.6 is 22.6 Å². The maximum Gasteiger partial charge on any atom is 0.0700 e. The van der Waals surface area contributed by atoms with E-state index in [0.717, 1.165) is 19.6 Å². The Morgan fingerprint density at radius 1 is 1.20 bits per heavy atom. The third-order valence-electron chi connectivity index (χ3n) is 2.27. The molecule has 0 aromatic heterocycles. The van der Waals surface area contributed by atoms with Crippen LogP contribution in [0.15, 0.2) is 0 Å². The highest BCUT2D eigenvalue weighted by Crippen LogP contribution is 2.04. The molecule has 0 saturated heterocycles. The van der Waals surface area contributed by atoms with Crippen molar-refractivity contribution < 1.29 is 9.47 Å². The quantitative estimate of drug-likeness (QED) is 0.378. The zero-order valence-corrected chi connectivity index (χ0v) is 12.2. The predicted molar refractivity (Wildman–Crippen MR) is 72.8 cm³/mol. The van der Waals surface area contributed by atoms with Crippen molar-refractivity contribution in [3.8, 4) is 0 Å². The van der Waals surface area contributed by atoms with Gasteiger partial charge in [-0.05, 0) is 18.9 Å². The van der Waals surface area contributed by atoms with Crippen LogP contribution in [-0.2, 0) is 9.47 Å². The van der Waals surface area contributed by atoms with Gasteiger partial charge in [-0.1, -0.05) is 36.4 Å². The molecule has 0 fully saturated rings. The van der Waals surface area contributed by atoms with Crippen LogP contribution in [0, 0.1) is 5.92 Å². The smallest absolute Gasteiger partial charge is 0.0700 e. The van der Waals surface area contributed by atoms with Crippen molar-refractivity contribution in [2.24, 2.45) is 5.92 Å². The van der Waals surface area contributed by atoms with E-state index in [1.807, 2.05) is 0 Å². The van der Waals surface area contributed by atoms with Gasteiger partial charge in [0.1, 0.15) is 0 Å². The van der Waals surface area contributed by atoms with Gasteiger partial charge in [0, 0.05) is 24.2 Å². The van der Waals surface area contributed by atoms with Crippen LogP contribution in [0.1, 0.15) is 20.3 Å². The molecule has 0 aliphatic carbocycles. The number of methoxy groups -OCH3 is 1. The molecule has 0 aliphatic heterocycles. The van der Waals surface area contributed by atoms with Gasteiger partial charge in [-0.3, -0.25) is 0 Å². The van der Waals surface area contributed by atoms with Gasteiger partial charge in [0.25, 0.3) is 0 Å². The highest BCUT2D eigenvalue weighted by atomic mass is 127. The molecule has 0 radical (unpaired) electrons. The maximum atomic E-state index is 5.38. The Balaban J connectivity index is 3.22. The fraction of sp³-hybridized carbons (Fsp3) is 1.00. The zero-order chi connectivity index (χ0) is 11.5. The SMILES string of the molecule is COCCOCCCNC(CI)C(C)C. The number of rotatable bonds is 10. The van der Waals surface area contributed by atoms with E-state index in [2.05, 4.69) is 41.8 Å². The van der Waals surface area contributed by atoms with Gasteiger partial charge in [-0.2, -0.15) is 0 Å². The molecule has 0 aliphatic rings. The number of hydrogen-bond donors (Lipinski definition) is 1. The summed E-state index contributed by atoms with van der Waals surface area (Å²) in [4.78, 5) is 0. The first-order valence-electron chi connectivity index (χ1n) is 5.58. The summed E-state index contributed by atoms with van der Waals surface area (Å²) in [6.45, 7) is 7.77. The average Bonchev–Trinajstić information content (AvgIpc) is 2.21. The lowest BCUT2D eigenvalue weighted by molar-refractivity contribution is 0.0692. The first kappa shape index (κ1) is 15.6. The van der Waals surface area contributed by atoms with Crippen molar-refractivity contribution in [3.63, 3.8) is 0 Å². The zero-order valence-electron chi connectivity index (χ0n) is 10.1. The fourth-order valence-corrected chi connectivity index (χ4v) is 2.50. The molecule has 0 bridgehead atoms. The summed E-state index contributed by atoms with van der Waals surface area (Å²) >= 11 is 2.43. The van der Waals surface area contributed by atoms with E-state index in [0.29, 0.717) is 25.2 Å². The lowest BCUT2D eigenvalue weighted by Gasteiger charge is -2.19. The standard InChI is InChI=1S/C11H24INO2/c1-10(2)11(9-12)13-5-4-6-15-8-7-14-3/h10-11,13H,4-9H2,1-3H3. The molecule has 3 nitrogen and oxygen atoms in total. The van der Waals surface area contributed by atoms with E-state index in [-0.39, 0.29) is 0 Å². The second kappa shape index (κ2) is 11.1. The van der Waals surface area contributed by atoms with Gasteiger partial charge >= 0.3 is 0 Å². The number of halogens is 1. The minimum Gasteiger partial charge on any atom is -0.382 e. The van der Waals surface area contributed by atoms with Crippen molar-refractivity contribution in [2.45, 2.75) is 26.3 Å². The van der Waals surface area contributed by atoms with Crippen LogP contribution in [0.2, 0.25) is 0 Å². The molecule has 0 amide bonds. The lowest BCUT2D eigenvalue weighted by Crippen LogP contribution is -2.36. The molecule has 0 spiro atoms. The molecular weight excluding hydrogens is 305 g/mol. The molecular formula is C11H24INO2. The van der Waals surface area contributed by atoms with Crippen LogP contribution in [0.4, 0.5) is 0 Å². The third-order valence-corrected chi connectivity index (χ3v) is 3.22. The largest absolute Gasteiger partial charge is 0.382 e. The van der Waals surface area contributed by atoms with Gasteiger partial charge in [-0.25, -0.2) is 0 Å². The molecule has 0 aromatic rings. The van der Waals surface area contributed by atoms with E-state index in [9.17, 15) is 0 Å². The van der Waals surface area contributed by atoms with E-state index in [4.69, 9.17) is 9.47 Å². The molecule has 0 rings (SSSR count). The minimum absolute atomic E-state index is 0.629. The molecule has 0 heterocycles. The van der Waals surface area contributed by atoms with Crippen LogP contribution in [0.5, 0.6) is 0 Å². The first-order valence-corrected chi connectivity index (χ1v) is 7.11. The van der Waals surface area contributed by atoms with Crippen LogP contribution in [0.3, 0.4) is 0 Å². The predicted octanol–water partition coefficient (Wildman–Crippen LogP) is 2.09. The Morgan fingerprint density at radius 3 is 2.47 bits per heavy atom. The van der Waals surface area contributed by atoms with Crippen LogP contribution in [-0.4, -0.2) is 43.9 Å². The molecule has 1 unspecified atom stereocenters. The molecule has 1 atom stereocenters. The summed E-state index contributed by atoms with van der Waals surface area (Å²) in [5.74, 6) is 0.705. The molecule has 0 aromatic carbocycles. The molecule has 1 N–H and O–H groups in total. The molecule has 92 valence electrons. The summed E-state index contributed by atoms with van der Waals surface area (Å²) in [6, 6.07) is 0.629.